The highest BCUT2D eigenvalue weighted by Gasteiger charge is 2.63. The van der Waals surface area contributed by atoms with Crippen molar-refractivity contribution in [3.63, 3.8) is 0 Å². The van der Waals surface area contributed by atoms with Gasteiger partial charge >= 0.3 is 0 Å². The summed E-state index contributed by atoms with van der Waals surface area (Å²) in [6.07, 6.45) is 0.117. The van der Waals surface area contributed by atoms with Crippen LogP contribution in [0.15, 0.2) is 28.7 Å². The number of carbonyl (C=O) groups excluding carboxylic acids is 4. The molecule has 2 amide bonds. The second-order valence-corrected chi connectivity index (χ2v) is 12.7. The largest absolute Gasteiger partial charge is 0.510 e. The van der Waals surface area contributed by atoms with Gasteiger partial charge in [0.25, 0.3) is 5.91 Å². The molecule has 13 nitrogen and oxygen atoms in total. The average molecular weight is 586 g/mol. The summed E-state index contributed by atoms with van der Waals surface area (Å²) in [4.78, 5) is 55.6. The minimum atomic E-state index is -2.73. The third-order valence-corrected chi connectivity index (χ3v) is 8.23. The quantitative estimate of drug-likeness (QED) is 0.181. The Kier molecular flexibility index (Phi) is 7.68. The van der Waals surface area contributed by atoms with E-state index in [2.05, 4.69) is 10.6 Å². The summed E-state index contributed by atoms with van der Waals surface area (Å²) in [5.74, 6) is -7.79. The lowest BCUT2D eigenvalue weighted by molar-refractivity contribution is -0.148. The normalized spacial score (nSPS) is 25.7. The van der Waals surface area contributed by atoms with E-state index in [1.165, 1.54) is 4.90 Å². The first kappa shape index (κ1) is 31.0. The van der Waals surface area contributed by atoms with Crippen molar-refractivity contribution < 1.29 is 39.6 Å². The molecule has 0 saturated heterocycles. The first-order valence-corrected chi connectivity index (χ1v) is 13.6. The number of fused-ring (bicyclic) bond motifs is 3. The van der Waals surface area contributed by atoms with Crippen molar-refractivity contribution in [1.82, 2.24) is 10.2 Å². The summed E-state index contributed by atoms with van der Waals surface area (Å²) in [6, 6.07) is 0.487. The molecule has 0 radical (unpaired) electrons. The lowest BCUT2D eigenvalue weighted by atomic mass is 9.58. The van der Waals surface area contributed by atoms with Crippen LogP contribution in [0.25, 0.3) is 0 Å². The molecular formula is C29H39N5O8. The number of benzene rings is 1. The van der Waals surface area contributed by atoms with Crippen molar-refractivity contribution in [1.29, 1.82) is 0 Å². The Morgan fingerprint density at radius 2 is 1.74 bits per heavy atom. The predicted molar refractivity (Wildman–Crippen MR) is 154 cm³/mol. The maximum Gasteiger partial charge on any atom is 0.255 e. The average Bonchev–Trinajstić information content (AvgIpc) is 2.85. The summed E-state index contributed by atoms with van der Waals surface area (Å²) in [5, 5.41) is 51.1. The first-order valence-electron chi connectivity index (χ1n) is 13.6. The maximum atomic E-state index is 14.1. The van der Waals surface area contributed by atoms with Gasteiger partial charge in [0.1, 0.15) is 17.1 Å². The third kappa shape index (κ3) is 4.80. The number of phenols is 1. The number of amides is 2. The van der Waals surface area contributed by atoms with Gasteiger partial charge in [-0.25, -0.2) is 0 Å². The zero-order valence-electron chi connectivity index (χ0n) is 24.8. The second-order valence-electron chi connectivity index (χ2n) is 12.7. The summed E-state index contributed by atoms with van der Waals surface area (Å²) < 4.78 is 0. The zero-order chi connectivity index (χ0) is 31.6. The van der Waals surface area contributed by atoms with Crippen LogP contribution >= 0.6 is 0 Å². The summed E-state index contributed by atoms with van der Waals surface area (Å²) >= 11 is 0. The number of likely N-dealkylation sites (N-methyl/N-ethyl adjacent to an activating group) is 1. The Morgan fingerprint density at radius 3 is 2.26 bits per heavy atom. The van der Waals surface area contributed by atoms with Crippen LogP contribution in [0.2, 0.25) is 0 Å². The predicted octanol–water partition coefficient (Wildman–Crippen LogP) is 0.513. The lowest BCUT2D eigenvalue weighted by Gasteiger charge is -2.50. The number of rotatable bonds is 6. The van der Waals surface area contributed by atoms with Gasteiger partial charge in [0, 0.05) is 36.8 Å². The number of nitrogens with zero attached hydrogens (tertiary/aromatic N) is 2. The number of nitrogens with two attached hydrogens (primary N) is 1. The van der Waals surface area contributed by atoms with Crippen LogP contribution in [0.4, 0.5) is 11.4 Å². The minimum absolute atomic E-state index is 0.0175. The summed E-state index contributed by atoms with van der Waals surface area (Å²) in [6.45, 7) is 5.60. The number of anilines is 2. The van der Waals surface area contributed by atoms with Gasteiger partial charge in [-0.1, -0.05) is 0 Å². The van der Waals surface area contributed by atoms with Crippen molar-refractivity contribution >= 4 is 34.8 Å². The number of nitrogens with one attached hydrogen (secondary N) is 2. The molecule has 0 fully saturated rings. The fourth-order valence-electron chi connectivity index (χ4n) is 6.33. The van der Waals surface area contributed by atoms with E-state index >= 15 is 0 Å². The van der Waals surface area contributed by atoms with E-state index in [-0.39, 0.29) is 41.7 Å². The van der Waals surface area contributed by atoms with E-state index in [1.807, 2.05) is 20.8 Å². The van der Waals surface area contributed by atoms with E-state index in [9.17, 15) is 39.6 Å². The minimum Gasteiger partial charge on any atom is -0.510 e. The van der Waals surface area contributed by atoms with Crippen molar-refractivity contribution in [2.75, 3.05) is 45.0 Å². The molecule has 13 heteroatoms. The van der Waals surface area contributed by atoms with Gasteiger partial charge in [-0.15, -0.1) is 0 Å². The Hall–Kier alpha value is -3.94. The Bertz CT molecular complexity index is 1450. The number of hydrogen-bond acceptors (Lipinski definition) is 11. The van der Waals surface area contributed by atoms with E-state index in [0.717, 1.165) is 0 Å². The first-order chi connectivity index (χ1) is 19.3. The van der Waals surface area contributed by atoms with Crippen molar-refractivity contribution in [3.8, 4) is 5.75 Å². The third-order valence-electron chi connectivity index (χ3n) is 8.23. The zero-order valence-corrected chi connectivity index (χ0v) is 24.8. The smallest absolute Gasteiger partial charge is 0.255 e. The molecule has 0 aliphatic heterocycles. The Morgan fingerprint density at radius 1 is 1.12 bits per heavy atom. The van der Waals surface area contributed by atoms with Crippen LogP contribution in [-0.2, 0) is 20.8 Å². The second kappa shape index (κ2) is 10.4. The fourth-order valence-corrected chi connectivity index (χ4v) is 6.33. The van der Waals surface area contributed by atoms with E-state index in [1.54, 1.807) is 39.2 Å². The molecule has 4 rings (SSSR count). The molecule has 0 heterocycles. The number of hydrogen-bond donors (Lipinski definition) is 7. The van der Waals surface area contributed by atoms with E-state index in [0.29, 0.717) is 11.3 Å². The van der Waals surface area contributed by atoms with Crippen LogP contribution < -0.4 is 21.3 Å². The van der Waals surface area contributed by atoms with Gasteiger partial charge in [-0.05, 0) is 65.3 Å². The van der Waals surface area contributed by atoms with Gasteiger partial charge < -0.3 is 41.7 Å². The molecule has 0 aromatic heterocycles. The molecule has 3 aliphatic carbocycles. The topological polar surface area (TPSA) is 206 Å². The molecule has 42 heavy (non-hydrogen) atoms. The molecule has 1 aromatic rings. The van der Waals surface area contributed by atoms with Crippen LogP contribution in [0.1, 0.15) is 43.1 Å². The molecule has 3 aliphatic rings. The van der Waals surface area contributed by atoms with Crippen LogP contribution in [0, 0.1) is 11.8 Å². The number of aromatic hydroxyl groups is 1. The Labute approximate surface area is 243 Å². The van der Waals surface area contributed by atoms with Gasteiger partial charge in [0.15, 0.2) is 17.1 Å². The van der Waals surface area contributed by atoms with Gasteiger partial charge in [0.05, 0.1) is 23.8 Å². The molecule has 8 N–H and O–H groups in total. The summed E-state index contributed by atoms with van der Waals surface area (Å²) in [5.41, 5.74) is 1.96. The Balaban J connectivity index is 1.87. The van der Waals surface area contributed by atoms with Crippen LogP contribution in [0.5, 0.6) is 5.75 Å². The van der Waals surface area contributed by atoms with Crippen LogP contribution in [-0.4, -0.2) is 101 Å². The number of primary amides is 1. The SMILES string of the molecule is CN(C)c1cc(NC(=O)CNC(C)(C)C)c(O)c2c1CC1CC3[C@H](N(C)C)C(O)=C(C(N)=O)C(=O)[C@@]3(O)C(O)=C1C2=O. The number of aliphatic hydroxyl groups excluding tert-OH is 2. The number of allylic oxidation sites excluding steroid dienone is 1. The van der Waals surface area contributed by atoms with Gasteiger partial charge in [0.2, 0.25) is 11.7 Å². The lowest BCUT2D eigenvalue weighted by Crippen LogP contribution is -2.63. The molecule has 4 atom stereocenters. The molecule has 0 bridgehead atoms. The maximum absolute atomic E-state index is 14.1. The number of phenolic OH excluding ortho intramolecular Hbond substituents is 1. The highest BCUT2D eigenvalue weighted by atomic mass is 16.3. The highest BCUT2D eigenvalue weighted by molar-refractivity contribution is 6.25. The van der Waals surface area contributed by atoms with Crippen molar-refractivity contribution in [3.05, 3.63) is 39.9 Å². The fraction of sp³-hybridized carbons (Fsp3) is 0.517. The van der Waals surface area contributed by atoms with Crippen molar-refractivity contribution in [2.45, 2.75) is 50.8 Å². The van der Waals surface area contributed by atoms with Gasteiger partial charge in [-0.3, -0.25) is 24.1 Å². The molecule has 228 valence electrons. The number of ketones is 2. The van der Waals surface area contributed by atoms with Gasteiger partial charge in [-0.2, -0.15) is 0 Å². The van der Waals surface area contributed by atoms with Crippen molar-refractivity contribution in [2.24, 2.45) is 17.6 Å². The van der Waals surface area contributed by atoms with E-state index in [4.69, 9.17) is 5.73 Å². The monoisotopic (exact) mass is 585 g/mol. The number of Topliss-reactive ketones (excluding diaryl/α,β-unsaturated/α-hetero) is 2. The van der Waals surface area contributed by atoms with Crippen LogP contribution in [0.3, 0.4) is 0 Å². The molecular weight excluding hydrogens is 546 g/mol. The standard InChI is InChI=1S/C29H39N5O8/c1-28(2,3)31-11-17(35)32-15-10-16(33(4)5)13-8-12-9-14-21(34(6)7)24(38)20(27(30)41)26(40)29(14,42)25(39)18(12)23(37)19(13)22(15)36/h10,12,14,21,31,36,38-39,42H,8-9,11H2,1-7H3,(H2,30,41)(H,32,35)/t12?,14?,21-,29-/m0/s1. The van der Waals surface area contributed by atoms with E-state index < -0.39 is 69.7 Å². The molecule has 0 spiro atoms. The molecule has 1 aromatic carbocycles. The molecule has 0 saturated carbocycles. The summed E-state index contributed by atoms with van der Waals surface area (Å²) in [7, 11) is 6.62. The number of carbonyl (C=O) groups is 4. The highest BCUT2D eigenvalue weighted by Crippen LogP contribution is 2.53. The number of aliphatic hydroxyl groups is 3. The molecule has 2 unspecified atom stereocenters.